The molecule has 4 aromatic rings. The van der Waals surface area contributed by atoms with E-state index in [2.05, 4.69) is 9.88 Å². The summed E-state index contributed by atoms with van der Waals surface area (Å²) in [5.74, 6) is 0.921. The van der Waals surface area contributed by atoms with E-state index in [0.29, 0.717) is 49.0 Å². The van der Waals surface area contributed by atoms with Crippen molar-refractivity contribution >= 4 is 23.4 Å². The summed E-state index contributed by atoms with van der Waals surface area (Å²) in [7, 11) is 1.87. The molecule has 1 aliphatic heterocycles. The fraction of sp³-hybridized carbons (Fsp3) is 0.360. The van der Waals surface area contributed by atoms with Crippen molar-refractivity contribution in [1.29, 1.82) is 0 Å². The normalized spacial score (nSPS) is 14.5. The SMILES string of the molecule is Cn1nc(-c2ccc(F)cc2)c(-c2ccc3nc(N)cn3n2)c1N1CCN(C(=O)OC(C)(C)C)CC1. The Morgan fingerprint density at radius 2 is 1.72 bits per heavy atom. The number of aromatic nitrogens is 5. The van der Waals surface area contributed by atoms with E-state index in [1.807, 2.05) is 44.6 Å². The average molecular weight is 493 g/mol. The highest BCUT2D eigenvalue weighted by molar-refractivity contribution is 5.88. The predicted molar refractivity (Wildman–Crippen MR) is 135 cm³/mol. The Bertz CT molecular complexity index is 1410. The van der Waals surface area contributed by atoms with Crippen LogP contribution in [0.4, 0.5) is 20.8 Å². The molecule has 0 bridgehead atoms. The second kappa shape index (κ2) is 8.81. The standard InChI is InChI=1S/C25H29FN8O2/c1-25(2,3)36-24(35)33-13-11-32(12-14-33)23-21(18-9-10-20-28-19(27)15-34(20)29-18)22(30-31(23)4)16-5-7-17(26)8-6-16/h5-10,15H,11-14,27H2,1-4H3. The van der Waals surface area contributed by atoms with Gasteiger partial charge in [-0.2, -0.15) is 10.2 Å². The number of imidazole rings is 1. The summed E-state index contributed by atoms with van der Waals surface area (Å²) < 4.78 is 22.7. The predicted octanol–water partition coefficient (Wildman–Crippen LogP) is 3.58. The Hall–Kier alpha value is -4.15. The van der Waals surface area contributed by atoms with Gasteiger partial charge in [-0.15, -0.1) is 0 Å². The third kappa shape index (κ3) is 4.56. The van der Waals surface area contributed by atoms with Gasteiger partial charge in [0.15, 0.2) is 5.65 Å². The Balaban J connectivity index is 1.54. The molecule has 188 valence electrons. The van der Waals surface area contributed by atoms with Crippen molar-refractivity contribution in [3.05, 3.63) is 48.4 Å². The van der Waals surface area contributed by atoms with Gasteiger partial charge in [-0.1, -0.05) is 0 Å². The quantitative estimate of drug-likeness (QED) is 0.466. The lowest BCUT2D eigenvalue weighted by molar-refractivity contribution is 0.0240. The van der Waals surface area contributed by atoms with Crippen molar-refractivity contribution in [3.63, 3.8) is 0 Å². The fourth-order valence-corrected chi connectivity index (χ4v) is 4.38. The topological polar surface area (TPSA) is 107 Å². The van der Waals surface area contributed by atoms with Gasteiger partial charge < -0.3 is 20.3 Å². The van der Waals surface area contributed by atoms with Crippen molar-refractivity contribution in [2.24, 2.45) is 7.05 Å². The molecule has 4 heterocycles. The van der Waals surface area contributed by atoms with E-state index >= 15 is 0 Å². The summed E-state index contributed by atoms with van der Waals surface area (Å²) in [5.41, 5.74) is 8.89. The lowest BCUT2D eigenvalue weighted by Gasteiger charge is -2.36. The van der Waals surface area contributed by atoms with Crippen LogP contribution in [0.2, 0.25) is 0 Å². The number of ether oxygens (including phenoxy) is 1. The number of halogens is 1. The zero-order valence-electron chi connectivity index (χ0n) is 20.8. The number of amides is 1. The van der Waals surface area contributed by atoms with E-state index in [1.165, 1.54) is 12.1 Å². The van der Waals surface area contributed by atoms with Gasteiger partial charge >= 0.3 is 6.09 Å². The highest BCUT2D eigenvalue weighted by Crippen LogP contribution is 2.39. The zero-order chi connectivity index (χ0) is 25.6. The first-order valence-corrected chi connectivity index (χ1v) is 11.8. The van der Waals surface area contributed by atoms with Gasteiger partial charge in [-0.3, -0.25) is 4.68 Å². The van der Waals surface area contributed by atoms with Crippen LogP contribution < -0.4 is 10.6 Å². The maximum Gasteiger partial charge on any atom is 0.410 e. The van der Waals surface area contributed by atoms with Crippen molar-refractivity contribution in [1.82, 2.24) is 29.3 Å². The summed E-state index contributed by atoms with van der Waals surface area (Å²) in [6.45, 7) is 7.78. The molecule has 0 unspecified atom stereocenters. The molecule has 1 amide bonds. The molecule has 11 heteroatoms. The van der Waals surface area contributed by atoms with Crippen LogP contribution >= 0.6 is 0 Å². The number of fused-ring (bicyclic) bond motifs is 1. The third-order valence-electron chi connectivity index (χ3n) is 5.96. The number of nitrogens with zero attached hydrogens (tertiary/aromatic N) is 7. The number of hydrogen-bond acceptors (Lipinski definition) is 7. The molecule has 1 aromatic carbocycles. The number of aryl methyl sites for hydroxylation is 1. The van der Waals surface area contributed by atoms with Gasteiger partial charge in [0, 0.05) is 38.8 Å². The minimum atomic E-state index is -0.547. The van der Waals surface area contributed by atoms with E-state index in [9.17, 15) is 9.18 Å². The molecular formula is C25H29FN8O2. The first-order chi connectivity index (χ1) is 17.1. The van der Waals surface area contributed by atoms with Crippen LogP contribution in [0, 0.1) is 5.82 Å². The van der Waals surface area contributed by atoms with Crippen LogP contribution in [0.3, 0.4) is 0 Å². The van der Waals surface area contributed by atoms with Gasteiger partial charge in [-0.05, 0) is 57.2 Å². The highest BCUT2D eigenvalue weighted by Gasteiger charge is 2.30. The number of carbonyl (C=O) groups excluding carboxylic acids is 1. The average Bonchev–Trinajstić information content (AvgIpc) is 3.36. The van der Waals surface area contributed by atoms with Crippen LogP contribution in [-0.2, 0) is 11.8 Å². The minimum Gasteiger partial charge on any atom is -0.444 e. The Morgan fingerprint density at radius 3 is 2.39 bits per heavy atom. The molecule has 0 atom stereocenters. The first-order valence-electron chi connectivity index (χ1n) is 11.8. The molecular weight excluding hydrogens is 463 g/mol. The second-order valence-electron chi connectivity index (χ2n) is 9.82. The van der Waals surface area contributed by atoms with Gasteiger partial charge in [0.05, 0.1) is 17.5 Å². The number of benzene rings is 1. The molecule has 0 spiro atoms. The molecule has 3 aromatic heterocycles. The molecule has 1 aliphatic rings. The van der Waals surface area contributed by atoms with Crippen molar-refractivity contribution in [2.75, 3.05) is 36.8 Å². The van der Waals surface area contributed by atoms with Gasteiger partial charge in [0.1, 0.15) is 28.7 Å². The van der Waals surface area contributed by atoms with Crippen LogP contribution in [0.5, 0.6) is 0 Å². The van der Waals surface area contributed by atoms with Gasteiger partial charge in [-0.25, -0.2) is 18.7 Å². The zero-order valence-corrected chi connectivity index (χ0v) is 20.8. The summed E-state index contributed by atoms with van der Waals surface area (Å²) in [4.78, 5) is 20.7. The highest BCUT2D eigenvalue weighted by atomic mass is 19.1. The van der Waals surface area contributed by atoms with Crippen LogP contribution in [-0.4, -0.2) is 67.2 Å². The van der Waals surface area contributed by atoms with Crippen LogP contribution in [0.1, 0.15) is 20.8 Å². The number of piperazine rings is 1. The number of nitrogens with two attached hydrogens (primary N) is 1. The number of rotatable bonds is 3. The monoisotopic (exact) mass is 492 g/mol. The molecule has 0 radical (unpaired) electrons. The van der Waals surface area contributed by atoms with E-state index in [0.717, 1.165) is 16.9 Å². The maximum absolute atomic E-state index is 13.7. The third-order valence-corrected chi connectivity index (χ3v) is 5.96. The Labute approximate surface area is 208 Å². The summed E-state index contributed by atoms with van der Waals surface area (Å²) in [5, 5.41) is 9.57. The molecule has 0 saturated carbocycles. The van der Waals surface area contributed by atoms with E-state index in [4.69, 9.17) is 20.7 Å². The first kappa shape index (κ1) is 23.6. The molecule has 10 nitrogen and oxygen atoms in total. The number of anilines is 2. The number of nitrogen functional groups attached to an aromatic ring is 1. The molecule has 1 fully saturated rings. The van der Waals surface area contributed by atoms with Crippen LogP contribution in [0.15, 0.2) is 42.6 Å². The second-order valence-corrected chi connectivity index (χ2v) is 9.82. The molecule has 36 heavy (non-hydrogen) atoms. The maximum atomic E-state index is 13.7. The largest absolute Gasteiger partial charge is 0.444 e. The van der Waals surface area contributed by atoms with Crippen molar-refractivity contribution in [3.8, 4) is 22.5 Å². The molecule has 1 saturated heterocycles. The van der Waals surface area contributed by atoms with E-state index in [1.54, 1.807) is 27.7 Å². The Morgan fingerprint density at radius 1 is 1.03 bits per heavy atom. The number of hydrogen-bond donors (Lipinski definition) is 1. The Kier molecular flexibility index (Phi) is 5.77. The molecule has 0 aliphatic carbocycles. The fourth-order valence-electron chi connectivity index (χ4n) is 4.38. The summed E-state index contributed by atoms with van der Waals surface area (Å²) in [6.07, 6.45) is 1.34. The van der Waals surface area contributed by atoms with E-state index in [-0.39, 0.29) is 11.9 Å². The van der Waals surface area contributed by atoms with Gasteiger partial charge in [0.2, 0.25) is 0 Å². The molecule has 2 N–H and O–H groups in total. The smallest absolute Gasteiger partial charge is 0.410 e. The van der Waals surface area contributed by atoms with Gasteiger partial charge in [0.25, 0.3) is 0 Å². The number of carbonyl (C=O) groups is 1. The lowest BCUT2D eigenvalue weighted by Crippen LogP contribution is -2.50. The molecule has 5 rings (SSSR count). The lowest BCUT2D eigenvalue weighted by atomic mass is 10.0. The minimum absolute atomic E-state index is 0.316. The summed E-state index contributed by atoms with van der Waals surface area (Å²) in [6, 6.07) is 9.98. The van der Waals surface area contributed by atoms with Crippen molar-refractivity contribution in [2.45, 2.75) is 26.4 Å². The van der Waals surface area contributed by atoms with Crippen molar-refractivity contribution < 1.29 is 13.9 Å². The van der Waals surface area contributed by atoms with Crippen LogP contribution in [0.25, 0.3) is 28.2 Å². The summed E-state index contributed by atoms with van der Waals surface area (Å²) >= 11 is 0. The van der Waals surface area contributed by atoms with E-state index < -0.39 is 5.60 Å².